The smallest absolute Gasteiger partial charge is 0.0567 e. The number of rotatable bonds is 6. The molecule has 0 aliphatic rings. The maximum atomic E-state index is 7.14. The third kappa shape index (κ3) is 4.71. The van der Waals surface area contributed by atoms with Crippen molar-refractivity contribution < 1.29 is 0 Å². The molecule has 3 aromatic rings. The number of halogens is 1. The van der Waals surface area contributed by atoms with Crippen molar-refractivity contribution in [1.82, 2.24) is 0 Å². The highest BCUT2D eigenvalue weighted by molar-refractivity contribution is 6.24. The summed E-state index contributed by atoms with van der Waals surface area (Å²) in [6.45, 7) is 0. The fourth-order valence-corrected chi connectivity index (χ4v) is 3.54. The SMILES string of the molecule is ClC(Cc1ccccc1)(Cc1ccccc1)Cc1ccccc1. The van der Waals surface area contributed by atoms with Crippen LogP contribution in [0, 0.1) is 0 Å². The lowest BCUT2D eigenvalue weighted by atomic mass is 9.86. The van der Waals surface area contributed by atoms with Gasteiger partial charge in [0.2, 0.25) is 0 Å². The molecule has 23 heavy (non-hydrogen) atoms. The molecule has 0 atom stereocenters. The first-order valence-corrected chi connectivity index (χ1v) is 8.42. The van der Waals surface area contributed by atoms with Crippen molar-refractivity contribution in [2.45, 2.75) is 24.1 Å². The Morgan fingerprint density at radius 1 is 0.478 bits per heavy atom. The summed E-state index contributed by atoms with van der Waals surface area (Å²) in [5.74, 6) is 0. The molecule has 0 fully saturated rings. The third-order valence-electron chi connectivity index (χ3n) is 4.09. The maximum absolute atomic E-state index is 7.14. The van der Waals surface area contributed by atoms with E-state index in [0.29, 0.717) is 0 Å². The summed E-state index contributed by atoms with van der Waals surface area (Å²) >= 11 is 7.14. The molecule has 0 N–H and O–H groups in total. The predicted octanol–water partition coefficient (Wildman–Crippen LogP) is 5.69. The van der Waals surface area contributed by atoms with Crippen molar-refractivity contribution in [3.63, 3.8) is 0 Å². The van der Waals surface area contributed by atoms with E-state index >= 15 is 0 Å². The minimum absolute atomic E-state index is 0.315. The van der Waals surface area contributed by atoms with Gasteiger partial charge < -0.3 is 0 Å². The quantitative estimate of drug-likeness (QED) is 0.512. The van der Waals surface area contributed by atoms with E-state index in [-0.39, 0.29) is 4.87 Å². The topological polar surface area (TPSA) is 0 Å². The molecule has 0 nitrogen and oxygen atoms in total. The summed E-state index contributed by atoms with van der Waals surface area (Å²) < 4.78 is 0. The van der Waals surface area contributed by atoms with Crippen LogP contribution in [0.5, 0.6) is 0 Å². The highest BCUT2D eigenvalue weighted by Crippen LogP contribution is 2.30. The van der Waals surface area contributed by atoms with Crippen LogP contribution >= 0.6 is 11.6 Å². The van der Waals surface area contributed by atoms with Gasteiger partial charge in [-0.2, -0.15) is 0 Å². The minimum Gasteiger partial charge on any atom is -0.118 e. The van der Waals surface area contributed by atoms with Gasteiger partial charge in [-0.15, -0.1) is 11.6 Å². The lowest BCUT2D eigenvalue weighted by molar-refractivity contribution is 0.562. The normalized spacial score (nSPS) is 11.3. The van der Waals surface area contributed by atoms with Crippen LogP contribution < -0.4 is 0 Å². The first kappa shape index (κ1) is 15.8. The average molecular weight is 321 g/mol. The molecule has 0 aliphatic heterocycles. The van der Waals surface area contributed by atoms with E-state index in [0.717, 1.165) is 19.3 Å². The molecule has 0 radical (unpaired) electrons. The molecule has 1 heteroatoms. The lowest BCUT2D eigenvalue weighted by Gasteiger charge is -2.28. The molecule has 0 amide bonds. The van der Waals surface area contributed by atoms with Crippen LogP contribution in [0.3, 0.4) is 0 Å². The molecule has 0 spiro atoms. The van der Waals surface area contributed by atoms with Gasteiger partial charge in [-0.3, -0.25) is 0 Å². The Bertz CT molecular complexity index is 603. The van der Waals surface area contributed by atoms with Crippen molar-refractivity contribution in [2.75, 3.05) is 0 Å². The first-order chi connectivity index (χ1) is 11.2. The van der Waals surface area contributed by atoms with Crippen LogP contribution in [0.2, 0.25) is 0 Å². The number of alkyl halides is 1. The van der Waals surface area contributed by atoms with Gasteiger partial charge in [0.15, 0.2) is 0 Å². The van der Waals surface area contributed by atoms with E-state index in [4.69, 9.17) is 11.6 Å². The van der Waals surface area contributed by atoms with Crippen LogP contribution in [0.1, 0.15) is 16.7 Å². The van der Waals surface area contributed by atoms with Gasteiger partial charge in [0.1, 0.15) is 0 Å². The number of hydrogen-bond donors (Lipinski definition) is 0. The van der Waals surface area contributed by atoms with E-state index in [9.17, 15) is 0 Å². The van der Waals surface area contributed by atoms with E-state index in [1.807, 2.05) is 18.2 Å². The fourth-order valence-electron chi connectivity index (χ4n) is 3.07. The highest BCUT2D eigenvalue weighted by atomic mass is 35.5. The van der Waals surface area contributed by atoms with Gasteiger partial charge in [-0.05, 0) is 36.0 Å². The molecule has 0 saturated heterocycles. The molecule has 0 heterocycles. The molecule has 0 bridgehead atoms. The van der Waals surface area contributed by atoms with E-state index < -0.39 is 0 Å². The van der Waals surface area contributed by atoms with E-state index in [1.165, 1.54) is 16.7 Å². The molecule has 0 unspecified atom stereocenters. The summed E-state index contributed by atoms with van der Waals surface area (Å²) in [6, 6.07) is 31.6. The number of hydrogen-bond acceptors (Lipinski definition) is 0. The minimum atomic E-state index is -0.315. The third-order valence-corrected chi connectivity index (χ3v) is 4.49. The van der Waals surface area contributed by atoms with E-state index in [2.05, 4.69) is 72.8 Å². The second-order valence-electron chi connectivity index (χ2n) is 6.14. The van der Waals surface area contributed by atoms with Gasteiger partial charge in [-0.1, -0.05) is 91.0 Å². The molecule has 116 valence electrons. The summed E-state index contributed by atoms with van der Waals surface area (Å²) in [5.41, 5.74) is 3.86. The van der Waals surface area contributed by atoms with Crippen molar-refractivity contribution in [2.24, 2.45) is 0 Å². The predicted molar refractivity (Wildman–Crippen MR) is 99.0 cm³/mol. The van der Waals surface area contributed by atoms with Gasteiger partial charge in [-0.25, -0.2) is 0 Å². The Balaban J connectivity index is 1.85. The monoisotopic (exact) mass is 320 g/mol. The van der Waals surface area contributed by atoms with Crippen molar-refractivity contribution >= 4 is 11.6 Å². The van der Waals surface area contributed by atoms with Crippen LogP contribution in [0.25, 0.3) is 0 Å². The fraction of sp³-hybridized carbons (Fsp3) is 0.182. The van der Waals surface area contributed by atoms with Crippen LogP contribution in [0.4, 0.5) is 0 Å². The zero-order valence-electron chi connectivity index (χ0n) is 13.2. The van der Waals surface area contributed by atoms with Gasteiger partial charge in [0, 0.05) is 0 Å². The summed E-state index contributed by atoms with van der Waals surface area (Å²) in [5, 5.41) is 0. The molecular weight excluding hydrogens is 300 g/mol. The van der Waals surface area contributed by atoms with Crippen LogP contribution in [-0.4, -0.2) is 4.87 Å². The second-order valence-corrected chi connectivity index (χ2v) is 6.94. The largest absolute Gasteiger partial charge is 0.118 e. The van der Waals surface area contributed by atoms with Crippen LogP contribution in [0.15, 0.2) is 91.0 Å². The van der Waals surface area contributed by atoms with Gasteiger partial charge in [0.25, 0.3) is 0 Å². The van der Waals surface area contributed by atoms with Crippen molar-refractivity contribution in [1.29, 1.82) is 0 Å². The van der Waals surface area contributed by atoms with Gasteiger partial charge in [0.05, 0.1) is 4.87 Å². The number of benzene rings is 3. The zero-order valence-corrected chi connectivity index (χ0v) is 13.9. The standard InChI is InChI=1S/C22H21Cl/c23-22(16-19-10-4-1-5-11-19,17-20-12-6-2-7-13-20)18-21-14-8-3-9-15-21/h1-15H,16-18H2. The Kier molecular flexibility index (Phi) is 5.15. The van der Waals surface area contributed by atoms with Crippen molar-refractivity contribution in [3.8, 4) is 0 Å². The van der Waals surface area contributed by atoms with Crippen LogP contribution in [-0.2, 0) is 19.3 Å². The van der Waals surface area contributed by atoms with Gasteiger partial charge >= 0.3 is 0 Å². The zero-order chi connectivity index (χ0) is 16.0. The van der Waals surface area contributed by atoms with E-state index in [1.54, 1.807) is 0 Å². The summed E-state index contributed by atoms with van der Waals surface area (Å²) in [7, 11) is 0. The first-order valence-electron chi connectivity index (χ1n) is 8.04. The molecule has 0 saturated carbocycles. The highest BCUT2D eigenvalue weighted by Gasteiger charge is 2.28. The second kappa shape index (κ2) is 7.48. The Morgan fingerprint density at radius 3 is 1.00 bits per heavy atom. The summed E-state index contributed by atoms with van der Waals surface area (Å²) in [4.78, 5) is -0.315. The molecule has 3 rings (SSSR count). The summed E-state index contributed by atoms with van der Waals surface area (Å²) in [6.07, 6.45) is 2.58. The molecule has 0 aromatic heterocycles. The molecule has 0 aliphatic carbocycles. The molecule has 3 aromatic carbocycles. The Hall–Kier alpha value is -2.05. The average Bonchev–Trinajstić information content (AvgIpc) is 2.57. The molecular formula is C22H21Cl. The lowest BCUT2D eigenvalue weighted by Crippen LogP contribution is -2.30. The Morgan fingerprint density at radius 2 is 0.739 bits per heavy atom. The Labute approximate surface area is 143 Å². The maximum Gasteiger partial charge on any atom is 0.0567 e. The van der Waals surface area contributed by atoms with Crippen molar-refractivity contribution in [3.05, 3.63) is 108 Å².